The molecule has 3 nitrogen and oxygen atoms in total. The molecular weight excluding hydrogens is 264 g/mol. The molecule has 0 bridgehead atoms. The van der Waals surface area contributed by atoms with Gasteiger partial charge in [-0.3, -0.25) is 4.79 Å². The quantitative estimate of drug-likeness (QED) is 0.700. The van der Waals surface area contributed by atoms with Gasteiger partial charge in [-0.25, -0.2) is 0 Å². The zero-order chi connectivity index (χ0) is 15.1. The highest BCUT2D eigenvalue weighted by Crippen LogP contribution is 2.11. The Bertz CT molecular complexity index is 370. The molecule has 0 aliphatic heterocycles. The molecule has 0 atom stereocenters. The minimum atomic E-state index is -0.833. The van der Waals surface area contributed by atoms with E-state index in [2.05, 4.69) is 48.5 Å². The van der Waals surface area contributed by atoms with Gasteiger partial charge in [0, 0.05) is 13.5 Å². The summed E-state index contributed by atoms with van der Waals surface area (Å²) in [6.07, 6.45) is 0. The van der Waals surface area contributed by atoms with E-state index in [1.807, 2.05) is 13.8 Å². The average molecular weight is 296 g/mol. The summed E-state index contributed by atoms with van der Waals surface area (Å²) in [7, 11) is 0. The summed E-state index contributed by atoms with van der Waals surface area (Å²) in [5, 5.41) is 17.6. The highest BCUT2D eigenvalue weighted by Gasteiger charge is 1.85. The molecule has 0 amide bonds. The van der Waals surface area contributed by atoms with Crippen LogP contribution in [0.15, 0.2) is 48.5 Å². The molecule has 0 aliphatic rings. The first-order valence-corrected chi connectivity index (χ1v) is 6.36. The predicted octanol–water partition coefficient (Wildman–Crippen LogP) is 5.23. The molecule has 0 spiro atoms. The van der Waals surface area contributed by atoms with E-state index in [4.69, 9.17) is 15.0 Å². The molecule has 2 rings (SSSR count). The van der Waals surface area contributed by atoms with Gasteiger partial charge in [0.1, 0.15) is 0 Å². The summed E-state index contributed by atoms with van der Waals surface area (Å²) in [4.78, 5) is 9.00. The Morgan fingerprint density at radius 1 is 0.905 bits per heavy atom. The third kappa shape index (κ3) is 18.1. The Balaban J connectivity index is -0.000000114. The minimum absolute atomic E-state index is 0. The maximum Gasteiger partial charge on any atom is 0.300 e. The highest BCUT2D eigenvalue weighted by molar-refractivity contribution is 5.81. The molecule has 2 aromatic rings. The molecule has 0 saturated carbocycles. The lowest BCUT2D eigenvalue weighted by Crippen LogP contribution is -1.78. The summed E-state index contributed by atoms with van der Waals surface area (Å²) >= 11 is 0. The van der Waals surface area contributed by atoms with Crippen molar-refractivity contribution in [3.05, 3.63) is 48.5 Å². The van der Waals surface area contributed by atoms with Crippen molar-refractivity contribution in [2.24, 2.45) is 0 Å². The maximum atomic E-state index is 9.00. The molecule has 0 heterocycles. The van der Waals surface area contributed by atoms with Crippen LogP contribution >= 0.6 is 0 Å². The van der Waals surface area contributed by atoms with Gasteiger partial charge in [-0.15, -0.1) is 0 Å². The van der Waals surface area contributed by atoms with Crippen LogP contribution < -0.4 is 0 Å². The topological polar surface area (TPSA) is 57.5 Å². The first-order chi connectivity index (χ1) is 9.11. The van der Waals surface area contributed by atoms with Gasteiger partial charge >= 0.3 is 0 Å². The Labute approximate surface area is 130 Å². The van der Waals surface area contributed by atoms with Gasteiger partial charge < -0.3 is 10.2 Å². The number of hydrogen-bond donors (Lipinski definition) is 2. The standard InChI is InChI=1S/C10H8.C2H4O2.C2H6O.C2H6.2CH4/c1-2-6-10-8-4-3-7-9(10)5-1;1-2(3)4;1-2-3;1-2;;/h1-8H;1H3,(H,3,4);3H,2H2,1H3;1-2H3;2*1H4. The van der Waals surface area contributed by atoms with Gasteiger partial charge in [-0.1, -0.05) is 77.2 Å². The number of benzene rings is 2. The van der Waals surface area contributed by atoms with E-state index in [1.165, 1.54) is 10.8 Å². The van der Waals surface area contributed by atoms with Crippen LogP contribution in [0.4, 0.5) is 0 Å². The van der Waals surface area contributed by atoms with Crippen LogP contribution in [0.25, 0.3) is 10.8 Å². The van der Waals surface area contributed by atoms with Crippen LogP contribution in [0, 0.1) is 0 Å². The third-order valence-electron chi connectivity index (χ3n) is 1.66. The molecule has 122 valence electrons. The number of aliphatic hydroxyl groups excluding tert-OH is 1. The average Bonchev–Trinajstić information content (AvgIpc) is 2.41. The van der Waals surface area contributed by atoms with E-state index in [0.29, 0.717) is 0 Å². The molecule has 3 heteroatoms. The third-order valence-corrected chi connectivity index (χ3v) is 1.66. The molecule has 0 aliphatic carbocycles. The number of hydrogen-bond acceptors (Lipinski definition) is 2. The lowest BCUT2D eigenvalue weighted by molar-refractivity contribution is -0.134. The second-order valence-corrected chi connectivity index (χ2v) is 3.18. The summed E-state index contributed by atoms with van der Waals surface area (Å²) in [5.41, 5.74) is 0. The second-order valence-electron chi connectivity index (χ2n) is 3.18. The monoisotopic (exact) mass is 296 g/mol. The predicted molar refractivity (Wildman–Crippen MR) is 94.8 cm³/mol. The van der Waals surface area contributed by atoms with Gasteiger partial charge in [0.2, 0.25) is 0 Å². The number of carboxylic acid groups (broad SMARTS) is 1. The molecule has 0 unspecified atom stereocenters. The van der Waals surface area contributed by atoms with E-state index in [0.717, 1.165) is 6.92 Å². The fourth-order valence-corrected chi connectivity index (χ4v) is 1.13. The number of carboxylic acids is 1. The molecule has 0 fully saturated rings. The summed E-state index contributed by atoms with van der Waals surface area (Å²) in [6, 6.07) is 16.7. The van der Waals surface area contributed by atoms with Crippen LogP contribution in [0.2, 0.25) is 0 Å². The van der Waals surface area contributed by atoms with E-state index in [9.17, 15) is 0 Å². The number of fused-ring (bicyclic) bond motifs is 1. The number of rotatable bonds is 0. The van der Waals surface area contributed by atoms with E-state index in [-0.39, 0.29) is 21.5 Å². The second kappa shape index (κ2) is 20.4. The number of aliphatic hydroxyl groups is 1. The van der Waals surface area contributed by atoms with Crippen molar-refractivity contribution < 1.29 is 15.0 Å². The van der Waals surface area contributed by atoms with Gasteiger partial charge in [0.15, 0.2) is 0 Å². The highest BCUT2D eigenvalue weighted by atomic mass is 16.4. The van der Waals surface area contributed by atoms with Crippen LogP contribution in [-0.2, 0) is 4.79 Å². The molecule has 2 aromatic carbocycles. The first kappa shape index (κ1) is 27.5. The van der Waals surface area contributed by atoms with Crippen LogP contribution in [-0.4, -0.2) is 22.8 Å². The van der Waals surface area contributed by atoms with Crippen molar-refractivity contribution in [3.8, 4) is 0 Å². The fraction of sp³-hybridized carbons (Fsp3) is 0.389. The Morgan fingerprint density at radius 2 is 1.05 bits per heavy atom. The molecule has 21 heavy (non-hydrogen) atoms. The van der Waals surface area contributed by atoms with Gasteiger partial charge in [-0.2, -0.15) is 0 Å². The molecule has 0 aromatic heterocycles. The Kier molecular flexibility index (Phi) is 26.7. The van der Waals surface area contributed by atoms with Crippen molar-refractivity contribution in [2.45, 2.75) is 42.5 Å². The van der Waals surface area contributed by atoms with Crippen LogP contribution in [0.3, 0.4) is 0 Å². The number of carbonyl (C=O) groups is 1. The van der Waals surface area contributed by atoms with Crippen molar-refractivity contribution in [2.75, 3.05) is 6.61 Å². The summed E-state index contributed by atoms with van der Waals surface area (Å²) in [6.45, 7) is 7.01. The lowest BCUT2D eigenvalue weighted by Gasteiger charge is -1.92. The van der Waals surface area contributed by atoms with Crippen LogP contribution in [0.1, 0.15) is 42.5 Å². The van der Waals surface area contributed by atoms with E-state index in [1.54, 1.807) is 6.92 Å². The van der Waals surface area contributed by atoms with Crippen molar-refractivity contribution >= 4 is 16.7 Å². The largest absolute Gasteiger partial charge is 0.481 e. The molecule has 0 saturated heterocycles. The Morgan fingerprint density at radius 3 is 1.19 bits per heavy atom. The fourth-order valence-electron chi connectivity index (χ4n) is 1.13. The van der Waals surface area contributed by atoms with Crippen molar-refractivity contribution in [1.82, 2.24) is 0 Å². The van der Waals surface area contributed by atoms with E-state index < -0.39 is 5.97 Å². The Hall–Kier alpha value is -1.87. The van der Waals surface area contributed by atoms with Gasteiger partial charge in [0.05, 0.1) is 0 Å². The minimum Gasteiger partial charge on any atom is -0.481 e. The molecule has 0 radical (unpaired) electrons. The summed E-state index contributed by atoms with van der Waals surface area (Å²) < 4.78 is 0. The summed E-state index contributed by atoms with van der Waals surface area (Å²) in [5.74, 6) is -0.833. The maximum absolute atomic E-state index is 9.00. The number of aliphatic carboxylic acids is 1. The molecular formula is C18H32O3. The molecule has 2 N–H and O–H groups in total. The lowest BCUT2D eigenvalue weighted by atomic mass is 10.1. The zero-order valence-electron chi connectivity index (χ0n) is 12.1. The first-order valence-electron chi connectivity index (χ1n) is 6.36. The SMILES string of the molecule is C.C.CC.CC(=O)O.CCO.c1ccc2ccccc2c1. The zero-order valence-corrected chi connectivity index (χ0v) is 12.1. The van der Waals surface area contributed by atoms with Gasteiger partial charge in [-0.05, 0) is 17.7 Å². The van der Waals surface area contributed by atoms with E-state index >= 15 is 0 Å². The smallest absolute Gasteiger partial charge is 0.300 e. The van der Waals surface area contributed by atoms with Gasteiger partial charge in [0.25, 0.3) is 5.97 Å². The van der Waals surface area contributed by atoms with Crippen LogP contribution in [0.5, 0.6) is 0 Å². The van der Waals surface area contributed by atoms with Crippen molar-refractivity contribution in [1.29, 1.82) is 0 Å². The normalized spacial score (nSPS) is 7.10. The van der Waals surface area contributed by atoms with Crippen molar-refractivity contribution in [3.63, 3.8) is 0 Å².